The number of carboxylic acids is 1. The van der Waals surface area contributed by atoms with Crippen LogP contribution in [-0.4, -0.2) is 16.1 Å². The van der Waals surface area contributed by atoms with Crippen molar-refractivity contribution < 1.29 is 9.90 Å². The molecule has 1 aliphatic carbocycles. The van der Waals surface area contributed by atoms with E-state index in [1.165, 1.54) is 25.7 Å². The van der Waals surface area contributed by atoms with Crippen molar-refractivity contribution in [1.82, 2.24) is 4.98 Å². The van der Waals surface area contributed by atoms with Gasteiger partial charge >= 0.3 is 5.97 Å². The number of aliphatic carboxylic acids is 1. The van der Waals surface area contributed by atoms with Crippen LogP contribution in [0.25, 0.3) is 0 Å². The predicted octanol–water partition coefficient (Wildman–Crippen LogP) is 4.83. The Labute approximate surface area is 131 Å². The Morgan fingerprint density at radius 2 is 1.76 bits per heavy atom. The molecule has 1 aromatic rings. The summed E-state index contributed by atoms with van der Waals surface area (Å²) in [7, 11) is 0. The maximum Gasteiger partial charge on any atom is 0.315 e. The van der Waals surface area contributed by atoms with Crippen molar-refractivity contribution in [3.63, 3.8) is 0 Å². The van der Waals surface area contributed by atoms with Gasteiger partial charge in [0.2, 0.25) is 0 Å². The highest BCUT2D eigenvalue weighted by Gasteiger charge is 2.34. The van der Waals surface area contributed by atoms with Crippen LogP contribution in [0.1, 0.15) is 76.9 Å². The number of hydrogen-bond donors (Lipinski definition) is 1. The number of carboxylic acid groups (broad SMARTS) is 1. The molecule has 2 rings (SSSR count). The second-order valence-corrected chi connectivity index (χ2v) is 8.81. The Hall–Kier alpha value is -0.900. The van der Waals surface area contributed by atoms with Crippen LogP contribution in [-0.2, 0) is 10.2 Å². The van der Waals surface area contributed by atoms with Crippen LogP contribution in [0, 0.1) is 11.3 Å². The molecule has 0 radical (unpaired) electrons. The van der Waals surface area contributed by atoms with Crippen molar-refractivity contribution in [1.29, 1.82) is 0 Å². The van der Waals surface area contributed by atoms with Gasteiger partial charge in [0.05, 0.1) is 10.7 Å². The summed E-state index contributed by atoms with van der Waals surface area (Å²) < 4.78 is 0. The van der Waals surface area contributed by atoms with Crippen molar-refractivity contribution in [3.8, 4) is 0 Å². The van der Waals surface area contributed by atoms with Gasteiger partial charge in [0.1, 0.15) is 5.41 Å². The standard InChI is InChI=1S/C17H27NO2S/c1-16(2,3)12-8-6-11(7-9-12)14-18-13(10-21-14)17(4,5)15(19)20/h10-12H,6-9H2,1-5H3,(H,19,20). The van der Waals surface area contributed by atoms with Crippen molar-refractivity contribution in [2.45, 2.75) is 71.6 Å². The molecular formula is C17H27NO2S. The number of hydrogen-bond acceptors (Lipinski definition) is 3. The summed E-state index contributed by atoms with van der Waals surface area (Å²) in [6, 6.07) is 0. The number of carbonyl (C=O) groups is 1. The minimum absolute atomic E-state index is 0.393. The fourth-order valence-corrected chi connectivity index (χ4v) is 4.24. The Kier molecular flexibility index (Phi) is 4.48. The summed E-state index contributed by atoms with van der Waals surface area (Å²) >= 11 is 1.63. The lowest BCUT2D eigenvalue weighted by molar-refractivity contribution is -0.142. The van der Waals surface area contributed by atoms with Crippen molar-refractivity contribution in [2.24, 2.45) is 11.3 Å². The molecule has 0 amide bonds. The van der Waals surface area contributed by atoms with Crippen LogP contribution in [0.5, 0.6) is 0 Å². The number of aromatic nitrogens is 1. The van der Waals surface area contributed by atoms with Crippen LogP contribution < -0.4 is 0 Å². The monoisotopic (exact) mass is 309 g/mol. The first-order chi connectivity index (χ1) is 9.62. The summed E-state index contributed by atoms with van der Waals surface area (Å²) in [6.45, 7) is 10.4. The van der Waals surface area contributed by atoms with E-state index in [2.05, 4.69) is 25.8 Å². The average Bonchev–Trinajstić information content (AvgIpc) is 2.88. The van der Waals surface area contributed by atoms with Crippen LogP contribution in [0.3, 0.4) is 0 Å². The summed E-state index contributed by atoms with van der Waals surface area (Å²) in [5, 5.41) is 12.4. The van der Waals surface area contributed by atoms with E-state index in [-0.39, 0.29) is 0 Å². The smallest absolute Gasteiger partial charge is 0.315 e. The number of rotatable bonds is 3. The van der Waals surface area contributed by atoms with E-state index in [0.29, 0.717) is 17.0 Å². The van der Waals surface area contributed by atoms with Crippen LogP contribution in [0.15, 0.2) is 5.38 Å². The van der Waals surface area contributed by atoms with E-state index in [1.807, 2.05) is 5.38 Å². The molecule has 0 saturated heterocycles. The lowest BCUT2D eigenvalue weighted by Crippen LogP contribution is -2.29. The van der Waals surface area contributed by atoms with E-state index >= 15 is 0 Å². The SMILES string of the molecule is CC(C)(C(=O)O)c1csc(C2CCC(C(C)(C)C)CC2)n1. The maximum atomic E-state index is 11.3. The molecule has 0 spiro atoms. The fourth-order valence-electron chi connectivity index (χ4n) is 3.08. The first kappa shape index (κ1) is 16.5. The third-order valence-electron chi connectivity index (χ3n) is 5.00. The molecule has 3 nitrogen and oxygen atoms in total. The Bertz CT molecular complexity index is 505. The molecular weight excluding hydrogens is 282 g/mol. The Balaban J connectivity index is 2.06. The van der Waals surface area contributed by atoms with Gasteiger partial charge in [-0.1, -0.05) is 20.8 Å². The first-order valence-corrected chi connectivity index (χ1v) is 8.69. The van der Waals surface area contributed by atoms with Gasteiger partial charge in [0.15, 0.2) is 0 Å². The quantitative estimate of drug-likeness (QED) is 0.870. The third-order valence-corrected chi connectivity index (χ3v) is 6.01. The van der Waals surface area contributed by atoms with Gasteiger partial charge in [0, 0.05) is 11.3 Å². The third kappa shape index (κ3) is 3.47. The van der Waals surface area contributed by atoms with Crippen LogP contribution >= 0.6 is 11.3 Å². The molecule has 1 saturated carbocycles. The van der Waals surface area contributed by atoms with Gasteiger partial charge in [-0.2, -0.15) is 0 Å². The van der Waals surface area contributed by atoms with Gasteiger partial charge in [-0.25, -0.2) is 4.98 Å². The van der Waals surface area contributed by atoms with E-state index in [0.717, 1.165) is 10.9 Å². The highest BCUT2D eigenvalue weighted by atomic mass is 32.1. The molecule has 4 heteroatoms. The second kappa shape index (κ2) is 5.71. The molecule has 1 aliphatic rings. The van der Waals surface area contributed by atoms with Gasteiger partial charge < -0.3 is 5.11 Å². The van der Waals surface area contributed by atoms with Crippen molar-refractivity contribution in [3.05, 3.63) is 16.1 Å². The summed E-state index contributed by atoms with van der Waals surface area (Å²) in [4.78, 5) is 16.0. The molecule has 0 unspecified atom stereocenters. The lowest BCUT2D eigenvalue weighted by atomic mass is 9.70. The molecule has 0 bridgehead atoms. The van der Waals surface area contributed by atoms with E-state index in [4.69, 9.17) is 0 Å². The second-order valence-electron chi connectivity index (χ2n) is 7.92. The van der Waals surface area contributed by atoms with Gasteiger partial charge in [-0.3, -0.25) is 4.79 Å². The number of thiazole rings is 1. The molecule has 0 aromatic carbocycles. The van der Waals surface area contributed by atoms with Gasteiger partial charge in [0.25, 0.3) is 0 Å². The normalized spacial score (nSPS) is 24.0. The molecule has 1 heterocycles. The zero-order valence-corrected chi connectivity index (χ0v) is 14.6. The van der Waals surface area contributed by atoms with Crippen molar-refractivity contribution in [2.75, 3.05) is 0 Å². The van der Waals surface area contributed by atoms with Crippen molar-refractivity contribution >= 4 is 17.3 Å². The Morgan fingerprint density at radius 3 is 2.24 bits per heavy atom. The molecule has 1 N–H and O–H groups in total. The summed E-state index contributed by atoms with van der Waals surface area (Å²) in [6.07, 6.45) is 4.88. The molecule has 118 valence electrons. The predicted molar refractivity (Wildman–Crippen MR) is 86.9 cm³/mol. The maximum absolute atomic E-state index is 11.3. The largest absolute Gasteiger partial charge is 0.481 e. The van der Waals surface area contributed by atoms with E-state index in [1.54, 1.807) is 25.2 Å². The topological polar surface area (TPSA) is 50.2 Å². The fraction of sp³-hybridized carbons (Fsp3) is 0.765. The summed E-state index contributed by atoms with van der Waals surface area (Å²) in [5.41, 5.74) is 0.203. The van der Waals surface area contributed by atoms with Gasteiger partial charge in [-0.05, 0) is 50.9 Å². The summed E-state index contributed by atoms with van der Waals surface area (Å²) in [5.74, 6) is 0.506. The highest BCUT2D eigenvalue weighted by molar-refractivity contribution is 7.09. The van der Waals surface area contributed by atoms with Gasteiger partial charge in [-0.15, -0.1) is 11.3 Å². The molecule has 1 fully saturated rings. The minimum atomic E-state index is -0.892. The Morgan fingerprint density at radius 1 is 1.19 bits per heavy atom. The average molecular weight is 309 g/mol. The zero-order valence-electron chi connectivity index (χ0n) is 13.8. The van der Waals surface area contributed by atoms with E-state index in [9.17, 15) is 9.90 Å². The highest BCUT2D eigenvalue weighted by Crippen LogP contribution is 2.44. The minimum Gasteiger partial charge on any atom is -0.481 e. The zero-order chi connectivity index (χ0) is 15.8. The molecule has 0 atom stereocenters. The lowest BCUT2D eigenvalue weighted by Gasteiger charge is -2.36. The van der Waals surface area contributed by atoms with E-state index < -0.39 is 11.4 Å². The number of nitrogens with zero attached hydrogens (tertiary/aromatic N) is 1. The first-order valence-electron chi connectivity index (χ1n) is 7.81. The molecule has 0 aliphatic heterocycles. The molecule has 21 heavy (non-hydrogen) atoms. The van der Waals surface area contributed by atoms with Crippen LogP contribution in [0.4, 0.5) is 0 Å². The van der Waals surface area contributed by atoms with Crippen LogP contribution in [0.2, 0.25) is 0 Å². The molecule has 1 aromatic heterocycles.